The highest BCUT2D eigenvalue weighted by atomic mass is 16.3. The maximum atomic E-state index is 9.87. The maximum Gasteiger partial charge on any atom is 0.115 e. The topological polar surface area (TPSA) is 42.8 Å². The molecule has 4 rings (SSSR count). The van der Waals surface area contributed by atoms with E-state index in [-0.39, 0.29) is 0 Å². The van der Waals surface area contributed by atoms with E-state index in [2.05, 4.69) is 38.7 Å². The van der Waals surface area contributed by atoms with Gasteiger partial charge in [-0.2, -0.15) is 0 Å². The quantitative estimate of drug-likeness (QED) is 0.781. The molecule has 1 unspecified atom stereocenters. The molecule has 1 aromatic carbocycles. The Kier molecular flexibility index (Phi) is 6.67. The fourth-order valence-corrected chi connectivity index (χ4v) is 4.84. The standard InChI is InChI=1S/C24H34N4O/c1-2-10-27(22-7-5-20-6-8-24(29)18-21(20)17-22)14-11-26-12-15-28(16-13-26)23-4-3-9-25-19-23/h3-4,6,8-9,18-19,22,29H,2,5,7,10-17H2,1H3. The Morgan fingerprint density at radius 2 is 1.97 bits per heavy atom. The molecular formula is C24H34N4O. The van der Waals surface area contributed by atoms with Gasteiger partial charge in [0.15, 0.2) is 0 Å². The summed E-state index contributed by atoms with van der Waals surface area (Å²) < 4.78 is 0. The Labute approximate surface area is 175 Å². The number of aromatic hydroxyl groups is 1. The second kappa shape index (κ2) is 9.59. The lowest BCUT2D eigenvalue weighted by Crippen LogP contribution is -2.50. The lowest BCUT2D eigenvalue weighted by atomic mass is 9.87. The second-order valence-corrected chi connectivity index (χ2v) is 8.43. The van der Waals surface area contributed by atoms with Crippen LogP contribution in [0.1, 0.15) is 30.9 Å². The lowest BCUT2D eigenvalue weighted by molar-refractivity contribution is 0.145. The first kappa shape index (κ1) is 20.2. The van der Waals surface area contributed by atoms with Gasteiger partial charge in [-0.25, -0.2) is 0 Å². The van der Waals surface area contributed by atoms with E-state index in [0.29, 0.717) is 11.8 Å². The van der Waals surface area contributed by atoms with Crippen molar-refractivity contribution in [2.75, 3.05) is 50.7 Å². The smallest absolute Gasteiger partial charge is 0.115 e. The monoisotopic (exact) mass is 394 g/mol. The number of aromatic nitrogens is 1. The molecule has 1 N–H and O–H groups in total. The lowest BCUT2D eigenvalue weighted by Gasteiger charge is -2.39. The van der Waals surface area contributed by atoms with Crippen LogP contribution in [0.4, 0.5) is 5.69 Å². The van der Waals surface area contributed by atoms with Gasteiger partial charge < -0.3 is 10.0 Å². The van der Waals surface area contributed by atoms with Crippen molar-refractivity contribution < 1.29 is 5.11 Å². The summed E-state index contributed by atoms with van der Waals surface area (Å²) in [6, 6.07) is 10.7. The van der Waals surface area contributed by atoms with E-state index in [9.17, 15) is 5.11 Å². The van der Waals surface area contributed by atoms with Crippen LogP contribution in [-0.4, -0.2) is 71.7 Å². The van der Waals surface area contributed by atoms with Gasteiger partial charge in [0, 0.05) is 51.5 Å². The molecule has 2 heterocycles. The van der Waals surface area contributed by atoms with E-state index >= 15 is 0 Å². The van der Waals surface area contributed by atoms with E-state index in [0.717, 1.165) is 58.7 Å². The van der Waals surface area contributed by atoms with Gasteiger partial charge in [-0.15, -0.1) is 0 Å². The Hall–Kier alpha value is -2.11. The first-order valence-electron chi connectivity index (χ1n) is 11.1. The van der Waals surface area contributed by atoms with Crippen molar-refractivity contribution in [2.24, 2.45) is 0 Å². The molecular weight excluding hydrogens is 360 g/mol. The first-order chi connectivity index (χ1) is 14.2. The number of anilines is 1. The molecule has 0 bridgehead atoms. The number of phenols is 1. The van der Waals surface area contributed by atoms with Crippen LogP contribution in [0.25, 0.3) is 0 Å². The number of hydrogen-bond donors (Lipinski definition) is 1. The van der Waals surface area contributed by atoms with Gasteiger partial charge in [0.1, 0.15) is 5.75 Å². The molecule has 5 heteroatoms. The van der Waals surface area contributed by atoms with Crippen LogP contribution >= 0.6 is 0 Å². The zero-order valence-electron chi connectivity index (χ0n) is 17.6. The summed E-state index contributed by atoms with van der Waals surface area (Å²) in [6.07, 6.45) is 8.43. The van der Waals surface area contributed by atoms with Crippen LogP contribution in [0.5, 0.6) is 5.75 Å². The number of rotatable bonds is 7. The molecule has 1 aliphatic heterocycles. The Balaban J connectivity index is 1.29. The average Bonchev–Trinajstić information content (AvgIpc) is 2.77. The maximum absolute atomic E-state index is 9.87. The molecule has 1 aromatic heterocycles. The van der Waals surface area contributed by atoms with Crippen LogP contribution in [0, 0.1) is 0 Å². The number of phenolic OH excluding ortho intramolecular Hbond substituents is 1. The summed E-state index contributed by atoms with van der Waals surface area (Å²) in [6.45, 7) is 10.1. The number of pyridine rings is 1. The van der Waals surface area contributed by atoms with Crippen molar-refractivity contribution in [3.8, 4) is 5.75 Å². The summed E-state index contributed by atoms with van der Waals surface area (Å²) in [5.41, 5.74) is 4.00. The van der Waals surface area contributed by atoms with Crippen molar-refractivity contribution in [1.82, 2.24) is 14.8 Å². The molecule has 1 atom stereocenters. The van der Waals surface area contributed by atoms with Gasteiger partial charge in [0.05, 0.1) is 11.9 Å². The van der Waals surface area contributed by atoms with Crippen molar-refractivity contribution in [3.05, 3.63) is 53.9 Å². The third-order valence-electron chi connectivity index (χ3n) is 6.51. The summed E-state index contributed by atoms with van der Waals surface area (Å²) in [5, 5.41) is 9.87. The van der Waals surface area contributed by atoms with Crippen LogP contribution < -0.4 is 4.90 Å². The normalized spacial score (nSPS) is 20.1. The van der Waals surface area contributed by atoms with E-state index in [1.807, 2.05) is 30.6 Å². The van der Waals surface area contributed by atoms with Crippen molar-refractivity contribution >= 4 is 5.69 Å². The minimum Gasteiger partial charge on any atom is -0.508 e. The minimum absolute atomic E-state index is 0.401. The molecule has 1 fully saturated rings. The number of aryl methyl sites for hydroxylation is 1. The van der Waals surface area contributed by atoms with Gasteiger partial charge in [0.25, 0.3) is 0 Å². The molecule has 1 aliphatic carbocycles. The average molecular weight is 395 g/mol. The summed E-state index contributed by atoms with van der Waals surface area (Å²) >= 11 is 0. The Morgan fingerprint density at radius 1 is 1.10 bits per heavy atom. The number of benzene rings is 1. The molecule has 0 radical (unpaired) electrons. The zero-order valence-corrected chi connectivity index (χ0v) is 17.6. The van der Waals surface area contributed by atoms with Crippen molar-refractivity contribution in [1.29, 1.82) is 0 Å². The van der Waals surface area contributed by atoms with E-state index in [1.54, 1.807) is 0 Å². The zero-order chi connectivity index (χ0) is 20.1. The fourth-order valence-electron chi connectivity index (χ4n) is 4.84. The van der Waals surface area contributed by atoms with Crippen LogP contribution in [0.15, 0.2) is 42.7 Å². The predicted octanol–water partition coefficient (Wildman–Crippen LogP) is 3.18. The van der Waals surface area contributed by atoms with Gasteiger partial charge in [0.2, 0.25) is 0 Å². The highest BCUT2D eigenvalue weighted by molar-refractivity contribution is 5.44. The molecule has 0 saturated carbocycles. The molecule has 2 aliphatic rings. The number of hydrogen-bond acceptors (Lipinski definition) is 5. The molecule has 5 nitrogen and oxygen atoms in total. The van der Waals surface area contributed by atoms with Gasteiger partial charge in [-0.05, 0) is 67.6 Å². The van der Waals surface area contributed by atoms with Crippen LogP contribution in [-0.2, 0) is 12.8 Å². The van der Waals surface area contributed by atoms with Gasteiger partial charge in [-0.3, -0.25) is 14.8 Å². The van der Waals surface area contributed by atoms with Crippen molar-refractivity contribution in [2.45, 2.75) is 38.6 Å². The van der Waals surface area contributed by atoms with E-state index in [1.165, 1.54) is 29.7 Å². The SMILES string of the molecule is CCCN(CCN1CCN(c2cccnc2)CC1)C1CCc2ccc(O)cc2C1. The highest BCUT2D eigenvalue weighted by Crippen LogP contribution is 2.27. The summed E-state index contributed by atoms with van der Waals surface area (Å²) in [5.74, 6) is 0.401. The predicted molar refractivity (Wildman–Crippen MR) is 119 cm³/mol. The van der Waals surface area contributed by atoms with E-state index < -0.39 is 0 Å². The summed E-state index contributed by atoms with van der Waals surface area (Å²) in [7, 11) is 0. The number of fused-ring (bicyclic) bond motifs is 1. The fraction of sp³-hybridized carbons (Fsp3) is 0.542. The van der Waals surface area contributed by atoms with Gasteiger partial charge >= 0.3 is 0 Å². The molecule has 2 aromatic rings. The van der Waals surface area contributed by atoms with Gasteiger partial charge in [-0.1, -0.05) is 13.0 Å². The third kappa shape index (κ3) is 5.09. The first-order valence-corrected chi connectivity index (χ1v) is 11.1. The third-order valence-corrected chi connectivity index (χ3v) is 6.51. The summed E-state index contributed by atoms with van der Waals surface area (Å²) in [4.78, 5) is 12.0. The number of piperazine rings is 1. The molecule has 0 amide bonds. The van der Waals surface area contributed by atoms with Crippen LogP contribution in [0.2, 0.25) is 0 Å². The molecule has 156 valence electrons. The largest absolute Gasteiger partial charge is 0.508 e. The van der Waals surface area contributed by atoms with Crippen LogP contribution in [0.3, 0.4) is 0 Å². The minimum atomic E-state index is 0.401. The Bertz CT molecular complexity index is 774. The van der Waals surface area contributed by atoms with E-state index in [4.69, 9.17) is 0 Å². The molecule has 1 saturated heterocycles. The Morgan fingerprint density at radius 3 is 2.72 bits per heavy atom. The second-order valence-electron chi connectivity index (χ2n) is 8.43. The number of nitrogens with zero attached hydrogens (tertiary/aromatic N) is 4. The van der Waals surface area contributed by atoms with Crippen molar-refractivity contribution in [3.63, 3.8) is 0 Å². The molecule has 29 heavy (non-hydrogen) atoms. The highest BCUT2D eigenvalue weighted by Gasteiger charge is 2.25. The molecule has 0 spiro atoms.